The third kappa shape index (κ3) is 3.97. The van der Waals surface area contributed by atoms with Gasteiger partial charge in [-0.15, -0.1) is 0 Å². The van der Waals surface area contributed by atoms with Crippen molar-refractivity contribution in [1.82, 2.24) is 15.5 Å². The number of hydrogen-bond donors (Lipinski definition) is 1. The molecule has 96 valence electrons. The summed E-state index contributed by atoms with van der Waals surface area (Å²) in [6.07, 6.45) is 0. The molecular weight excluding hydrogens is 238 g/mol. The summed E-state index contributed by atoms with van der Waals surface area (Å²) in [5.74, 6) is 4.05. The van der Waals surface area contributed by atoms with Crippen LogP contribution in [0.5, 0.6) is 0 Å². The van der Waals surface area contributed by atoms with E-state index in [1.165, 1.54) is 0 Å². The lowest BCUT2D eigenvalue weighted by atomic mass is 10.3. The highest BCUT2D eigenvalue weighted by molar-refractivity contribution is 7.98. The van der Waals surface area contributed by atoms with Crippen LogP contribution in [0.15, 0.2) is 4.52 Å². The second kappa shape index (κ2) is 6.37. The molecule has 1 aromatic heterocycles. The van der Waals surface area contributed by atoms with E-state index < -0.39 is 0 Å². The van der Waals surface area contributed by atoms with Gasteiger partial charge >= 0.3 is 0 Å². The summed E-state index contributed by atoms with van der Waals surface area (Å²) in [6, 6.07) is 0.0556. The lowest BCUT2D eigenvalue weighted by molar-refractivity contribution is 0.0659. The van der Waals surface area contributed by atoms with Gasteiger partial charge in [-0.2, -0.15) is 16.7 Å². The van der Waals surface area contributed by atoms with E-state index in [1.54, 1.807) is 0 Å². The third-order valence-corrected chi connectivity index (χ3v) is 3.75. The Kier molecular flexibility index (Phi) is 4.82. The molecule has 17 heavy (non-hydrogen) atoms. The lowest BCUT2D eigenvalue weighted by Crippen LogP contribution is -2.34. The fourth-order valence-corrected chi connectivity index (χ4v) is 2.47. The van der Waals surface area contributed by atoms with Crippen LogP contribution in [0.1, 0.15) is 31.6 Å². The van der Waals surface area contributed by atoms with Gasteiger partial charge in [-0.1, -0.05) is 19.0 Å². The highest BCUT2D eigenvalue weighted by atomic mass is 32.2. The molecule has 0 spiro atoms. The number of ether oxygens (including phenoxy) is 1. The predicted octanol–water partition coefficient (Wildman–Crippen LogP) is 1.62. The summed E-state index contributed by atoms with van der Waals surface area (Å²) < 4.78 is 10.6. The van der Waals surface area contributed by atoms with E-state index in [-0.39, 0.29) is 6.04 Å². The fraction of sp³-hybridized carbons (Fsp3) is 0.818. The summed E-state index contributed by atoms with van der Waals surface area (Å²) in [4.78, 5) is 4.39. The van der Waals surface area contributed by atoms with Crippen LogP contribution in [0.25, 0.3) is 0 Å². The van der Waals surface area contributed by atoms with E-state index in [0.29, 0.717) is 18.4 Å². The first-order valence-electron chi connectivity index (χ1n) is 5.97. The first-order valence-corrected chi connectivity index (χ1v) is 7.12. The van der Waals surface area contributed by atoms with Crippen LogP contribution < -0.4 is 5.32 Å². The molecule has 0 aliphatic carbocycles. The summed E-state index contributed by atoms with van der Waals surface area (Å²) in [5, 5.41) is 7.28. The van der Waals surface area contributed by atoms with Gasteiger partial charge in [-0.25, -0.2) is 0 Å². The molecule has 1 N–H and O–H groups in total. The molecule has 2 rings (SSSR count). The predicted molar refractivity (Wildman–Crippen MR) is 66.9 cm³/mol. The Bertz CT molecular complexity index is 337. The summed E-state index contributed by atoms with van der Waals surface area (Å²) in [6.45, 7) is 6.61. The monoisotopic (exact) mass is 257 g/mol. The largest absolute Gasteiger partial charge is 0.378 e. The Morgan fingerprint density at radius 2 is 2.41 bits per heavy atom. The maximum absolute atomic E-state index is 5.36. The molecule has 1 saturated heterocycles. The van der Waals surface area contributed by atoms with Crippen LogP contribution in [0.4, 0.5) is 0 Å². The van der Waals surface area contributed by atoms with Crippen molar-refractivity contribution in [2.75, 3.05) is 25.5 Å². The number of hydrogen-bond acceptors (Lipinski definition) is 6. The van der Waals surface area contributed by atoms with Crippen molar-refractivity contribution in [3.05, 3.63) is 11.7 Å². The number of aromatic nitrogens is 2. The number of morpholine rings is 1. The van der Waals surface area contributed by atoms with Gasteiger partial charge in [0.1, 0.15) is 6.04 Å². The standard InChI is InChI=1S/C11H19N3O2S/c1-8(2)6-17-7-10-13-11(16-14-10)9-5-15-4-3-12-9/h8-9,12H,3-7H2,1-2H3. The number of thioether (sulfide) groups is 1. The van der Waals surface area contributed by atoms with Crippen molar-refractivity contribution < 1.29 is 9.26 Å². The van der Waals surface area contributed by atoms with Gasteiger partial charge in [0.25, 0.3) is 0 Å². The first-order chi connectivity index (χ1) is 8.25. The molecule has 0 amide bonds. The van der Waals surface area contributed by atoms with Crippen molar-refractivity contribution in [1.29, 1.82) is 0 Å². The van der Waals surface area contributed by atoms with Crippen LogP contribution in [0.3, 0.4) is 0 Å². The zero-order valence-corrected chi connectivity index (χ0v) is 11.1. The normalized spacial score (nSPS) is 21.0. The molecule has 1 fully saturated rings. The van der Waals surface area contributed by atoms with E-state index in [4.69, 9.17) is 9.26 Å². The highest BCUT2D eigenvalue weighted by Crippen LogP contribution is 2.17. The minimum atomic E-state index is 0.0556. The average Bonchev–Trinajstić information content (AvgIpc) is 2.78. The van der Waals surface area contributed by atoms with Gasteiger partial charge in [0.15, 0.2) is 5.82 Å². The second-order valence-electron chi connectivity index (χ2n) is 4.54. The maximum Gasteiger partial charge on any atom is 0.246 e. The topological polar surface area (TPSA) is 60.2 Å². The molecule has 0 radical (unpaired) electrons. The number of nitrogens with one attached hydrogen (secondary N) is 1. The van der Waals surface area contributed by atoms with Gasteiger partial charge < -0.3 is 14.6 Å². The van der Waals surface area contributed by atoms with Crippen molar-refractivity contribution in [2.45, 2.75) is 25.6 Å². The molecule has 1 atom stereocenters. The van der Waals surface area contributed by atoms with E-state index >= 15 is 0 Å². The molecule has 1 unspecified atom stereocenters. The van der Waals surface area contributed by atoms with Crippen LogP contribution in [-0.2, 0) is 10.5 Å². The molecule has 5 nitrogen and oxygen atoms in total. The van der Waals surface area contributed by atoms with E-state index in [9.17, 15) is 0 Å². The Morgan fingerprint density at radius 3 is 3.12 bits per heavy atom. The Labute approximate surface area is 106 Å². The number of rotatable bonds is 5. The van der Waals surface area contributed by atoms with Crippen LogP contribution in [-0.4, -0.2) is 35.7 Å². The Hall–Kier alpha value is -0.590. The van der Waals surface area contributed by atoms with Crippen LogP contribution in [0.2, 0.25) is 0 Å². The maximum atomic E-state index is 5.36. The smallest absolute Gasteiger partial charge is 0.246 e. The SMILES string of the molecule is CC(C)CSCc1noc(C2COCCN2)n1. The van der Waals surface area contributed by atoms with Crippen LogP contribution >= 0.6 is 11.8 Å². The second-order valence-corrected chi connectivity index (χ2v) is 5.57. The molecule has 1 aliphatic rings. The quantitative estimate of drug-likeness (QED) is 0.865. The Morgan fingerprint density at radius 1 is 1.53 bits per heavy atom. The van der Waals surface area contributed by atoms with E-state index in [1.807, 2.05) is 11.8 Å². The lowest BCUT2D eigenvalue weighted by Gasteiger charge is -2.20. The van der Waals surface area contributed by atoms with Crippen molar-refractivity contribution >= 4 is 11.8 Å². The van der Waals surface area contributed by atoms with Gasteiger partial charge in [-0.05, 0) is 11.7 Å². The van der Waals surface area contributed by atoms with Gasteiger partial charge in [-0.3, -0.25) is 0 Å². The highest BCUT2D eigenvalue weighted by Gasteiger charge is 2.21. The average molecular weight is 257 g/mol. The van der Waals surface area contributed by atoms with Gasteiger partial charge in [0.2, 0.25) is 5.89 Å². The molecule has 2 heterocycles. The molecule has 1 aliphatic heterocycles. The first kappa shape index (κ1) is 12.9. The Balaban J connectivity index is 1.82. The third-order valence-electron chi connectivity index (χ3n) is 2.39. The van der Waals surface area contributed by atoms with Crippen molar-refractivity contribution in [3.63, 3.8) is 0 Å². The van der Waals surface area contributed by atoms with E-state index in [0.717, 1.165) is 30.5 Å². The van der Waals surface area contributed by atoms with Gasteiger partial charge in [0.05, 0.1) is 19.0 Å². The fourth-order valence-electron chi connectivity index (χ4n) is 1.58. The van der Waals surface area contributed by atoms with Gasteiger partial charge in [0, 0.05) is 6.54 Å². The number of nitrogens with zero attached hydrogens (tertiary/aromatic N) is 2. The molecule has 6 heteroatoms. The van der Waals surface area contributed by atoms with E-state index in [2.05, 4.69) is 29.3 Å². The molecule has 1 aromatic rings. The zero-order valence-electron chi connectivity index (χ0n) is 10.3. The minimum absolute atomic E-state index is 0.0556. The summed E-state index contributed by atoms with van der Waals surface area (Å²) >= 11 is 1.84. The van der Waals surface area contributed by atoms with Crippen molar-refractivity contribution in [2.24, 2.45) is 5.92 Å². The molecule has 0 aromatic carbocycles. The van der Waals surface area contributed by atoms with Crippen LogP contribution in [0, 0.1) is 5.92 Å². The molecule has 0 saturated carbocycles. The molecular formula is C11H19N3O2S. The minimum Gasteiger partial charge on any atom is -0.378 e. The summed E-state index contributed by atoms with van der Waals surface area (Å²) in [7, 11) is 0. The summed E-state index contributed by atoms with van der Waals surface area (Å²) in [5.41, 5.74) is 0. The van der Waals surface area contributed by atoms with Crippen molar-refractivity contribution in [3.8, 4) is 0 Å². The zero-order chi connectivity index (χ0) is 12.1. The molecule has 0 bridgehead atoms.